The van der Waals surface area contributed by atoms with E-state index in [1.165, 1.54) is 32.1 Å². The SMILES string of the molecule is CCCNc1ncc(C)c(NC2CCCCC2)n1. The zero-order valence-electron chi connectivity index (χ0n) is 11.5. The summed E-state index contributed by atoms with van der Waals surface area (Å²) in [6, 6.07) is 0.589. The summed E-state index contributed by atoms with van der Waals surface area (Å²) in [6.45, 7) is 5.13. The smallest absolute Gasteiger partial charge is 0.224 e. The number of aromatic nitrogens is 2. The Morgan fingerprint density at radius 3 is 2.78 bits per heavy atom. The van der Waals surface area contributed by atoms with Gasteiger partial charge in [-0.1, -0.05) is 26.2 Å². The van der Waals surface area contributed by atoms with Crippen LogP contribution in [0.25, 0.3) is 0 Å². The number of aryl methyl sites for hydroxylation is 1. The predicted octanol–water partition coefficient (Wildman–Crippen LogP) is 3.35. The molecule has 0 bridgehead atoms. The van der Waals surface area contributed by atoms with Crippen molar-refractivity contribution in [1.82, 2.24) is 9.97 Å². The summed E-state index contributed by atoms with van der Waals surface area (Å²) in [5, 5.41) is 6.81. The summed E-state index contributed by atoms with van der Waals surface area (Å²) >= 11 is 0. The van der Waals surface area contributed by atoms with Crippen molar-refractivity contribution in [3.8, 4) is 0 Å². The lowest BCUT2D eigenvalue weighted by Crippen LogP contribution is -2.23. The Kier molecular flexibility index (Phi) is 4.79. The summed E-state index contributed by atoms with van der Waals surface area (Å²) in [5.41, 5.74) is 1.13. The third kappa shape index (κ3) is 3.59. The summed E-state index contributed by atoms with van der Waals surface area (Å²) in [5.74, 6) is 1.73. The molecule has 0 unspecified atom stereocenters. The maximum atomic E-state index is 4.57. The first-order valence-corrected chi connectivity index (χ1v) is 7.13. The molecule has 0 radical (unpaired) electrons. The zero-order chi connectivity index (χ0) is 12.8. The number of anilines is 2. The molecule has 1 aromatic heterocycles. The highest BCUT2D eigenvalue weighted by Gasteiger charge is 2.14. The quantitative estimate of drug-likeness (QED) is 0.839. The van der Waals surface area contributed by atoms with Crippen molar-refractivity contribution < 1.29 is 0 Å². The van der Waals surface area contributed by atoms with Crippen LogP contribution >= 0.6 is 0 Å². The molecule has 0 saturated heterocycles. The zero-order valence-corrected chi connectivity index (χ0v) is 11.5. The van der Waals surface area contributed by atoms with Crippen molar-refractivity contribution in [2.24, 2.45) is 0 Å². The molecule has 4 heteroatoms. The van der Waals surface area contributed by atoms with E-state index in [1.807, 2.05) is 6.20 Å². The van der Waals surface area contributed by atoms with Crippen LogP contribution in [-0.4, -0.2) is 22.6 Å². The third-order valence-corrected chi connectivity index (χ3v) is 3.45. The van der Waals surface area contributed by atoms with Gasteiger partial charge in [0.25, 0.3) is 0 Å². The minimum absolute atomic E-state index is 0.589. The Balaban J connectivity index is 2.00. The average molecular weight is 248 g/mol. The lowest BCUT2D eigenvalue weighted by Gasteiger charge is -2.24. The van der Waals surface area contributed by atoms with E-state index in [0.29, 0.717) is 6.04 Å². The Bertz CT molecular complexity index is 372. The fourth-order valence-electron chi connectivity index (χ4n) is 2.35. The van der Waals surface area contributed by atoms with Gasteiger partial charge in [0.15, 0.2) is 0 Å². The molecule has 0 aliphatic heterocycles. The molecule has 1 aromatic rings. The van der Waals surface area contributed by atoms with Gasteiger partial charge < -0.3 is 10.6 Å². The van der Waals surface area contributed by atoms with Gasteiger partial charge in [-0.05, 0) is 26.2 Å². The number of nitrogens with zero attached hydrogens (tertiary/aromatic N) is 2. The lowest BCUT2D eigenvalue weighted by atomic mass is 9.95. The molecule has 0 spiro atoms. The van der Waals surface area contributed by atoms with Gasteiger partial charge >= 0.3 is 0 Å². The fraction of sp³-hybridized carbons (Fsp3) is 0.714. The standard InChI is InChI=1S/C14H24N4/c1-3-9-15-14-16-10-11(2)13(18-14)17-12-7-5-4-6-8-12/h10,12H,3-9H2,1-2H3,(H2,15,16,17,18). The third-order valence-electron chi connectivity index (χ3n) is 3.45. The topological polar surface area (TPSA) is 49.8 Å². The molecule has 1 aliphatic rings. The van der Waals surface area contributed by atoms with Crippen LogP contribution in [0, 0.1) is 6.92 Å². The first kappa shape index (κ1) is 13.1. The molecule has 100 valence electrons. The van der Waals surface area contributed by atoms with Gasteiger partial charge in [-0.2, -0.15) is 4.98 Å². The molecule has 0 amide bonds. The van der Waals surface area contributed by atoms with Gasteiger partial charge in [-0.25, -0.2) is 4.98 Å². The highest BCUT2D eigenvalue weighted by atomic mass is 15.1. The van der Waals surface area contributed by atoms with Crippen LogP contribution < -0.4 is 10.6 Å². The molecule has 1 aliphatic carbocycles. The molecule has 4 nitrogen and oxygen atoms in total. The second-order valence-corrected chi connectivity index (χ2v) is 5.13. The van der Waals surface area contributed by atoms with Crippen molar-refractivity contribution in [3.63, 3.8) is 0 Å². The number of hydrogen-bond acceptors (Lipinski definition) is 4. The molecule has 1 saturated carbocycles. The Morgan fingerprint density at radius 1 is 1.28 bits per heavy atom. The number of hydrogen-bond donors (Lipinski definition) is 2. The lowest BCUT2D eigenvalue weighted by molar-refractivity contribution is 0.461. The summed E-state index contributed by atoms with van der Waals surface area (Å²) < 4.78 is 0. The molecule has 0 atom stereocenters. The molecule has 1 fully saturated rings. The Hall–Kier alpha value is -1.32. The molecule has 2 N–H and O–H groups in total. The molecular weight excluding hydrogens is 224 g/mol. The maximum absolute atomic E-state index is 4.57. The Labute approximate surface area is 110 Å². The van der Waals surface area contributed by atoms with Crippen LogP contribution in [0.2, 0.25) is 0 Å². The average Bonchev–Trinajstić information content (AvgIpc) is 2.41. The van der Waals surface area contributed by atoms with Crippen LogP contribution in [0.1, 0.15) is 51.0 Å². The first-order valence-electron chi connectivity index (χ1n) is 7.13. The van der Waals surface area contributed by atoms with E-state index in [9.17, 15) is 0 Å². The molecule has 0 aromatic carbocycles. The predicted molar refractivity (Wildman–Crippen MR) is 76.0 cm³/mol. The van der Waals surface area contributed by atoms with E-state index in [2.05, 4.69) is 34.4 Å². The van der Waals surface area contributed by atoms with E-state index >= 15 is 0 Å². The van der Waals surface area contributed by atoms with Gasteiger partial charge in [0.2, 0.25) is 5.95 Å². The van der Waals surface area contributed by atoms with E-state index in [1.54, 1.807) is 0 Å². The minimum Gasteiger partial charge on any atom is -0.367 e. The maximum Gasteiger partial charge on any atom is 0.224 e. The molecule has 18 heavy (non-hydrogen) atoms. The van der Waals surface area contributed by atoms with E-state index in [0.717, 1.165) is 30.3 Å². The van der Waals surface area contributed by atoms with E-state index < -0.39 is 0 Å². The fourth-order valence-corrected chi connectivity index (χ4v) is 2.35. The van der Waals surface area contributed by atoms with E-state index in [-0.39, 0.29) is 0 Å². The summed E-state index contributed by atoms with van der Waals surface area (Å²) in [4.78, 5) is 8.88. The highest BCUT2D eigenvalue weighted by Crippen LogP contribution is 2.22. The monoisotopic (exact) mass is 248 g/mol. The summed E-state index contributed by atoms with van der Waals surface area (Å²) in [6.07, 6.45) is 9.57. The van der Waals surface area contributed by atoms with Gasteiger partial charge in [-0.3, -0.25) is 0 Å². The number of nitrogens with one attached hydrogen (secondary N) is 2. The van der Waals surface area contributed by atoms with Crippen LogP contribution in [-0.2, 0) is 0 Å². The Morgan fingerprint density at radius 2 is 2.06 bits per heavy atom. The van der Waals surface area contributed by atoms with Crippen molar-refractivity contribution >= 4 is 11.8 Å². The van der Waals surface area contributed by atoms with Gasteiger partial charge in [-0.15, -0.1) is 0 Å². The number of rotatable bonds is 5. The largest absolute Gasteiger partial charge is 0.367 e. The van der Waals surface area contributed by atoms with Gasteiger partial charge in [0.1, 0.15) is 5.82 Å². The molecule has 1 heterocycles. The van der Waals surface area contributed by atoms with Gasteiger partial charge in [0, 0.05) is 24.3 Å². The van der Waals surface area contributed by atoms with Crippen molar-refractivity contribution in [2.45, 2.75) is 58.4 Å². The summed E-state index contributed by atoms with van der Waals surface area (Å²) in [7, 11) is 0. The normalized spacial score (nSPS) is 16.6. The first-order chi connectivity index (χ1) is 8.79. The molecular formula is C14H24N4. The van der Waals surface area contributed by atoms with Gasteiger partial charge in [0.05, 0.1) is 0 Å². The van der Waals surface area contributed by atoms with Crippen LogP contribution in [0.5, 0.6) is 0 Å². The second-order valence-electron chi connectivity index (χ2n) is 5.13. The van der Waals surface area contributed by atoms with Crippen LogP contribution in [0.4, 0.5) is 11.8 Å². The van der Waals surface area contributed by atoms with Crippen molar-refractivity contribution in [2.75, 3.05) is 17.2 Å². The van der Waals surface area contributed by atoms with Crippen molar-refractivity contribution in [3.05, 3.63) is 11.8 Å². The van der Waals surface area contributed by atoms with Crippen molar-refractivity contribution in [1.29, 1.82) is 0 Å². The highest BCUT2D eigenvalue weighted by molar-refractivity contribution is 5.47. The van der Waals surface area contributed by atoms with Crippen LogP contribution in [0.15, 0.2) is 6.20 Å². The minimum atomic E-state index is 0.589. The second kappa shape index (κ2) is 6.57. The van der Waals surface area contributed by atoms with E-state index in [4.69, 9.17) is 0 Å². The van der Waals surface area contributed by atoms with Crippen LogP contribution in [0.3, 0.4) is 0 Å². The molecule has 2 rings (SSSR count).